The van der Waals surface area contributed by atoms with Gasteiger partial charge in [-0.15, -0.1) is 0 Å². The summed E-state index contributed by atoms with van der Waals surface area (Å²) in [4.78, 5) is 22.8. The number of aromatic nitrogens is 1. The molecule has 0 aliphatic rings. The molecule has 0 unspecified atom stereocenters. The Morgan fingerprint density at radius 3 is 2.22 bits per heavy atom. The number of rotatable bonds is 9. The van der Waals surface area contributed by atoms with Gasteiger partial charge in [-0.25, -0.2) is 5.43 Å². The molecule has 8 nitrogen and oxygen atoms in total. The Balaban J connectivity index is 1.41. The van der Waals surface area contributed by atoms with Gasteiger partial charge in [0.25, 0.3) is 5.69 Å². The second kappa shape index (κ2) is 11.3. The van der Waals surface area contributed by atoms with Gasteiger partial charge in [-0.3, -0.25) is 14.9 Å². The highest BCUT2D eigenvalue weighted by Gasteiger charge is 2.11. The van der Waals surface area contributed by atoms with Gasteiger partial charge in [-0.1, -0.05) is 24.3 Å². The van der Waals surface area contributed by atoms with Crippen molar-refractivity contribution < 1.29 is 14.5 Å². The first kappa shape index (κ1) is 25.4. The van der Waals surface area contributed by atoms with E-state index in [1.54, 1.807) is 18.3 Å². The third-order valence-corrected chi connectivity index (χ3v) is 6.00. The molecule has 37 heavy (non-hydrogen) atoms. The monoisotopic (exact) mass is 496 g/mol. The zero-order valence-corrected chi connectivity index (χ0v) is 21.0. The highest BCUT2D eigenvalue weighted by Crippen LogP contribution is 2.26. The molecule has 0 aliphatic carbocycles. The summed E-state index contributed by atoms with van der Waals surface area (Å²) in [6, 6.07) is 24.0. The zero-order valence-electron chi connectivity index (χ0n) is 21.0. The first-order valence-electron chi connectivity index (χ1n) is 11.9. The van der Waals surface area contributed by atoms with Crippen LogP contribution in [0.1, 0.15) is 29.4 Å². The van der Waals surface area contributed by atoms with Gasteiger partial charge >= 0.3 is 0 Å². The van der Waals surface area contributed by atoms with Gasteiger partial charge in [-0.2, -0.15) is 5.10 Å². The molecule has 8 heteroatoms. The largest absolute Gasteiger partial charge is 0.494 e. The Bertz CT molecular complexity index is 1420. The summed E-state index contributed by atoms with van der Waals surface area (Å²) in [5.74, 6) is 0.581. The number of non-ortho nitro benzene ring substituents is 1. The quantitative estimate of drug-likeness (QED) is 0.181. The van der Waals surface area contributed by atoms with Crippen molar-refractivity contribution >= 4 is 17.8 Å². The lowest BCUT2D eigenvalue weighted by molar-refractivity contribution is -0.384. The Morgan fingerprint density at radius 1 is 1.00 bits per heavy atom. The molecular formula is C29H28N4O4. The van der Waals surface area contributed by atoms with Crippen LogP contribution in [0.3, 0.4) is 0 Å². The summed E-state index contributed by atoms with van der Waals surface area (Å²) in [6.07, 6.45) is 1.88. The molecule has 0 saturated carbocycles. The summed E-state index contributed by atoms with van der Waals surface area (Å²) in [6.45, 7) is 6.54. The molecule has 1 amide bonds. The van der Waals surface area contributed by atoms with Gasteiger partial charge in [0.2, 0.25) is 5.91 Å². The van der Waals surface area contributed by atoms with Crippen LogP contribution < -0.4 is 10.2 Å². The predicted octanol–water partition coefficient (Wildman–Crippen LogP) is 5.76. The van der Waals surface area contributed by atoms with Crippen molar-refractivity contribution in [3.63, 3.8) is 0 Å². The average Bonchev–Trinajstić information content (AvgIpc) is 3.18. The van der Waals surface area contributed by atoms with Crippen LogP contribution in [-0.2, 0) is 11.2 Å². The predicted molar refractivity (Wildman–Crippen MR) is 144 cm³/mol. The van der Waals surface area contributed by atoms with Gasteiger partial charge in [0, 0.05) is 34.8 Å². The molecule has 1 heterocycles. The average molecular weight is 497 g/mol. The number of nitrogens with one attached hydrogen (secondary N) is 1. The molecule has 4 aromatic rings. The molecule has 3 aromatic carbocycles. The van der Waals surface area contributed by atoms with E-state index < -0.39 is 4.92 Å². The van der Waals surface area contributed by atoms with Crippen LogP contribution in [0.25, 0.3) is 16.8 Å². The SMILES string of the molecule is CCOc1ccc(CC(=O)N/N=C/c2cc(C)n(-c3ccc(-c4ccc([N+](=O)[O-])cc4)cc3)c2C)cc1. The summed E-state index contributed by atoms with van der Waals surface area (Å²) in [5, 5.41) is 15.0. The maximum atomic E-state index is 12.3. The number of ether oxygens (including phenoxy) is 1. The fourth-order valence-corrected chi connectivity index (χ4v) is 4.16. The molecule has 0 fully saturated rings. The molecule has 1 aromatic heterocycles. The van der Waals surface area contributed by atoms with Gasteiger partial charge in [0.1, 0.15) is 5.75 Å². The van der Waals surface area contributed by atoms with Crippen LogP contribution in [0, 0.1) is 24.0 Å². The molecule has 188 valence electrons. The summed E-state index contributed by atoms with van der Waals surface area (Å²) in [7, 11) is 0. The molecule has 0 saturated heterocycles. The molecule has 4 rings (SSSR count). The lowest BCUT2D eigenvalue weighted by Crippen LogP contribution is -2.19. The van der Waals surface area contributed by atoms with Gasteiger partial charge in [-0.05, 0) is 79.9 Å². The number of nitro groups is 1. The maximum Gasteiger partial charge on any atom is 0.269 e. The number of nitro benzene ring substituents is 1. The van der Waals surface area contributed by atoms with Crippen LogP contribution >= 0.6 is 0 Å². The van der Waals surface area contributed by atoms with Crippen molar-refractivity contribution in [3.05, 3.63) is 111 Å². The molecule has 0 bridgehead atoms. The van der Waals surface area contributed by atoms with Crippen molar-refractivity contribution in [1.29, 1.82) is 0 Å². The van der Waals surface area contributed by atoms with Crippen molar-refractivity contribution in [2.45, 2.75) is 27.2 Å². The second-order valence-electron chi connectivity index (χ2n) is 8.56. The standard InChI is InChI=1S/C29H28N4O4/c1-4-37-28-15-5-22(6-16-28)18-29(34)31-30-19-25-17-20(2)32(21(25)3)26-11-7-23(8-12-26)24-9-13-27(14-10-24)33(35)36/h5-17,19H,4,18H2,1-3H3,(H,31,34)/b30-19+. The topological polar surface area (TPSA) is 98.8 Å². The lowest BCUT2D eigenvalue weighted by atomic mass is 10.0. The summed E-state index contributed by atoms with van der Waals surface area (Å²) >= 11 is 0. The minimum atomic E-state index is -0.404. The van der Waals surface area contributed by atoms with E-state index in [-0.39, 0.29) is 18.0 Å². The lowest BCUT2D eigenvalue weighted by Gasteiger charge is -2.11. The minimum absolute atomic E-state index is 0.0699. The third kappa shape index (κ3) is 6.10. The smallest absolute Gasteiger partial charge is 0.269 e. The van der Waals surface area contributed by atoms with E-state index in [4.69, 9.17) is 4.74 Å². The Kier molecular flexibility index (Phi) is 7.78. The molecule has 0 atom stereocenters. The van der Waals surface area contributed by atoms with Gasteiger partial charge in [0.05, 0.1) is 24.2 Å². The number of carbonyl (C=O) groups excluding carboxylic acids is 1. The van der Waals surface area contributed by atoms with Crippen LogP contribution in [0.5, 0.6) is 5.75 Å². The van der Waals surface area contributed by atoms with E-state index in [2.05, 4.69) is 15.1 Å². The van der Waals surface area contributed by atoms with Crippen LogP contribution in [0.15, 0.2) is 84.0 Å². The Morgan fingerprint density at radius 2 is 1.62 bits per heavy atom. The number of hydrogen-bond acceptors (Lipinski definition) is 5. The van der Waals surface area contributed by atoms with E-state index >= 15 is 0 Å². The number of amides is 1. The molecule has 0 radical (unpaired) electrons. The highest BCUT2D eigenvalue weighted by atomic mass is 16.6. The molecular weight excluding hydrogens is 468 g/mol. The first-order valence-corrected chi connectivity index (χ1v) is 11.9. The van der Waals surface area contributed by atoms with Crippen molar-refractivity contribution in [2.24, 2.45) is 5.10 Å². The number of hydrogen-bond donors (Lipinski definition) is 1. The normalized spacial score (nSPS) is 11.0. The number of carbonyl (C=O) groups is 1. The van der Waals surface area contributed by atoms with Crippen molar-refractivity contribution in [2.75, 3.05) is 6.61 Å². The van der Waals surface area contributed by atoms with E-state index in [1.165, 1.54) is 12.1 Å². The van der Waals surface area contributed by atoms with E-state index in [0.29, 0.717) is 6.61 Å². The second-order valence-corrected chi connectivity index (χ2v) is 8.56. The molecule has 0 spiro atoms. The molecule has 1 N–H and O–H groups in total. The number of benzene rings is 3. The van der Waals surface area contributed by atoms with E-state index in [0.717, 1.165) is 45.1 Å². The van der Waals surface area contributed by atoms with Crippen LogP contribution in [0.4, 0.5) is 5.69 Å². The fraction of sp³-hybridized carbons (Fsp3) is 0.172. The van der Waals surface area contributed by atoms with Crippen molar-refractivity contribution in [1.82, 2.24) is 9.99 Å². The number of nitrogens with zero attached hydrogens (tertiary/aromatic N) is 3. The fourth-order valence-electron chi connectivity index (χ4n) is 4.16. The number of hydrazone groups is 1. The Labute approximate surface area is 215 Å². The minimum Gasteiger partial charge on any atom is -0.494 e. The maximum absolute atomic E-state index is 12.3. The number of aryl methyl sites for hydroxylation is 1. The van der Waals surface area contributed by atoms with Gasteiger partial charge in [0.15, 0.2) is 0 Å². The van der Waals surface area contributed by atoms with Crippen LogP contribution in [-0.4, -0.2) is 28.2 Å². The summed E-state index contributed by atoms with van der Waals surface area (Å²) < 4.78 is 7.54. The highest BCUT2D eigenvalue weighted by molar-refractivity contribution is 5.85. The van der Waals surface area contributed by atoms with Gasteiger partial charge < -0.3 is 9.30 Å². The van der Waals surface area contributed by atoms with Crippen molar-refractivity contribution in [3.8, 4) is 22.6 Å². The first-order chi connectivity index (χ1) is 17.9. The van der Waals surface area contributed by atoms with E-state index in [1.807, 2.05) is 75.4 Å². The zero-order chi connectivity index (χ0) is 26.4. The summed E-state index contributed by atoms with van der Waals surface area (Å²) in [5.41, 5.74) is 9.34. The van der Waals surface area contributed by atoms with Crippen LogP contribution in [0.2, 0.25) is 0 Å². The van der Waals surface area contributed by atoms with E-state index in [9.17, 15) is 14.9 Å². The molecule has 0 aliphatic heterocycles. The third-order valence-electron chi connectivity index (χ3n) is 6.00. The Hall–Kier alpha value is -4.72.